The lowest BCUT2D eigenvalue weighted by molar-refractivity contribution is -0.694. The molecule has 0 saturated carbocycles. The lowest BCUT2D eigenvalue weighted by Gasteiger charge is -2.22. The lowest BCUT2D eigenvalue weighted by atomic mass is 10.1. The Hall–Kier alpha value is -3.64. The number of nitrogens with zero attached hydrogens (tertiary/aromatic N) is 4. The van der Waals surface area contributed by atoms with Crippen LogP contribution in [0.1, 0.15) is 22.5 Å². The minimum Gasteiger partial charge on any atom is -0.395 e. The second-order valence-electron chi connectivity index (χ2n) is 11.0. The largest absolute Gasteiger partial charge is 0.395 e. The fourth-order valence-corrected chi connectivity index (χ4v) is 7.19. The molecule has 0 radical (unpaired) electrons. The Morgan fingerprint density at radius 1 is 0.479 bits per heavy atom. The molecule has 4 aromatic rings. The fourth-order valence-electron chi connectivity index (χ4n) is 5.26. The van der Waals surface area contributed by atoms with E-state index in [1.807, 2.05) is 55.7 Å². The van der Waals surface area contributed by atoms with E-state index >= 15 is 0 Å². The molecule has 0 bridgehead atoms. The Morgan fingerprint density at radius 3 is 1.21 bits per heavy atom. The number of rotatable bonds is 21. The first-order chi connectivity index (χ1) is 23.6. The first-order valence-corrected chi connectivity index (χ1v) is 18.8. The summed E-state index contributed by atoms with van der Waals surface area (Å²) in [6.45, 7) is 4.02. The molecule has 2 aromatic carbocycles. The summed E-state index contributed by atoms with van der Waals surface area (Å²) >= 11 is 0. The predicted molar refractivity (Wildman–Crippen MR) is 202 cm³/mol. The number of aliphatic hydroxyl groups excluding tert-OH is 4. The summed E-state index contributed by atoms with van der Waals surface area (Å²) in [5, 5.41) is 37.3. The van der Waals surface area contributed by atoms with E-state index in [9.17, 15) is 20.4 Å². The van der Waals surface area contributed by atoms with Crippen molar-refractivity contribution in [1.82, 2.24) is 0 Å². The van der Waals surface area contributed by atoms with Crippen molar-refractivity contribution in [3.05, 3.63) is 120 Å². The first-order valence-electron chi connectivity index (χ1n) is 16.4. The number of benzene rings is 2. The number of pyridine rings is 2. The van der Waals surface area contributed by atoms with Crippen molar-refractivity contribution in [2.45, 2.75) is 13.1 Å². The van der Waals surface area contributed by atoms with Crippen LogP contribution in [0.3, 0.4) is 0 Å². The van der Waals surface area contributed by atoms with Gasteiger partial charge in [-0.05, 0) is 59.7 Å². The van der Waals surface area contributed by atoms with Gasteiger partial charge in [0.2, 0.25) is 11.4 Å². The minimum absolute atomic E-state index is 0.0508. The summed E-state index contributed by atoms with van der Waals surface area (Å²) in [5.41, 5.74) is 6.46. The highest BCUT2D eigenvalue weighted by atomic mass is 33.1. The van der Waals surface area contributed by atoms with Crippen molar-refractivity contribution in [3.63, 3.8) is 0 Å². The third-order valence-corrected chi connectivity index (χ3v) is 10.1. The molecule has 4 rings (SSSR count). The molecule has 0 atom stereocenters. The van der Waals surface area contributed by atoms with Gasteiger partial charge in [0.1, 0.15) is 0 Å². The van der Waals surface area contributed by atoms with Crippen molar-refractivity contribution in [1.29, 1.82) is 0 Å². The summed E-state index contributed by atoms with van der Waals surface area (Å²) in [7, 11) is 3.79. The Balaban J connectivity index is 1.24. The van der Waals surface area contributed by atoms with Crippen LogP contribution in [0.2, 0.25) is 0 Å². The fraction of sp³-hybridized carbons (Fsp3) is 0.316. The van der Waals surface area contributed by atoms with Gasteiger partial charge in [-0.1, -0.05) is 45.9 Å². The number of aliphatic hydroxyl groups is 4. The van der Waals surface area contributed by atoms with Crippen LogP contribution in [0.5, 0.6) is 0 Å². The van der Waals surface area contributed by atoms with E-state index in [2.05, 4.69) is 106 Å². The molecule has 0 aliphatic rings. The zero-order chi connectivity index (χ0) is 33.8. The molecule has 0 amide bonds. The summed E-state index contributed by atoms with van der Waals surface area (Å²) in [6.07, 6.45) is 12.8. The van der Waals surface area contributed by atoms with Crippen molar-refractivity contribution < 1.29 is 29.6 Å². The van der Waals surface area contributed by atoms with E-state index in [-0.39, 0.29) is 26.4 Å². The maximum atomic E-state index is 9.31. The van der Waals surface area contributed by atoms with Gasteiger partial charge in [-0.25, -0.2) is 0 Å². The zero-order valence-electron chi connectivity index (χ0n) is 27.4. The summed E-state index contributed by atoms with van der Waals surface area (Å²) < 4.78 is 4.56. The molecule has 0 fully saturated rings. The first kappa shape index (κ1) is 37.2. The second-order valence-corrected chi connectivity index (χ2v) is 13.7. The lowest BCUT2D eigenvalue weighted by Crippen LogP contribution is -2.38. The maximum Gasteiger partial charge on any atom is 0.205 e. The highest BCUT2D eigenvalue weighted by Crippen LogP contribution is 2.21. The van der Waals surface area contributed by atoms with Crippen LogP contribution in [0.15, 0.2) is 97.3 Å². The van der Waals surface area contributed by atoms with Crippen LogP contribution < -0.4 is 18.9 Å². The molecule has 48 heavy (non-hydrogen) atoms. The van der Waals surface area contributed by atoms with Crippen LogP contribution in [-0.2, 0) is 13.1 Å². The molecule has 0 unspecified atom stereocenters. The van der Waals surface area contributed by atoms with Gasteiger partial charge in [0, 0.05) is 74.0 Å². The SMILES string of the molecule is OCCN(CCO)c1ccc(/C=C/c2cccc[n+]2CCSSCC[n+]2ccccc2/C=C/c2ccc(N(CCO)CCO)cc2)cc1. The van der Waals surface area contributed by atoms with E-state index in [0.29, 0.717) is 26.2 Å². The quantitative estimate of drug-likeness (QED) is 0.0587. The topological polar surface area (TPSA) is 95.2 Å². The third-order valence-electron chi connectivity index (χ3n) is 7.76. The minimum atomic E-state index is 0.0508. The number of aryl methyl sites for hydroxylation is 2. The van der Waals surface area contributed by atoms with E-state index in [4.69, 9.17) is 0 Å². The standard InChI is InChI=1S/C38H48N4O4S2/c43-27-21-41(22-28-44)37-15-9-33(10-16-37)7-13-35-5-1-3-19-39(35)25-31-47-48-32-26-40-20-4-2-6-36(40)14-8-34-11-17-38(18-12-34)42(23-29-45)24-30-46/h1-20,43-46H,21-32H2/q+2. The van der Waals surface area contributed by atoms with Gasteiger partial charge in [0.15, 0.2) is 25.5 Å². The van der Waals surface area contributed by atoms with Crippen molar-refractivity contribution in [2.24, 2.45) is 0 Å². The van der Waals surface area contributed by atoms with Gasteiger partial charge in [0.05, 0.1) is 37.9 Å². The normalized spacial score (nSPS) is 11.5. The molecule has 2 heterocycles. The highest BCUT2D eigenvalue weighted by Gasteiger charge is 2.10. The van der Waals surface area contributed by atoms with Crippen LogP contribution in [-0.4, -0.2) is 84.5 Å². The van der Waals surface area contributed by atoms with Gasteiger partial charge in [-0.2, -0.15) is 9.13 Å². The molecule has 4 N–H and O–H groups in total. The second kappa shape index (κ2) is 21.4. The number of anilines is 2. The van der Waals surface area contributed by atoms with Crippen molar-refractivity contribution in [3.8, 4) is 0 Å². The molecule has 10 heteroatoms. The van der Waals surface area contributed by atoms with Crippen molar-refractivity contribution >= 4 is 57.3 Å². The maximum absolute atomic E-state index is 9.31. The molecule has 8 nitrogen and oxygen atoms in total. The molecule has 0 spiro atoms. The predicted octanol–water partition coefficient (Wildman–Crippen LogP) is 4.27. The van der Waals surface area contributed by atoms with Crippen LogP contribution >= 0.6 is 21.6 Å². The highest BCUT2D eigenvalue weighted by molar-refractivity contribution is 8.76. The van der Waals surface area contributed by atoms with Gasteiger partial charge in [0.25, 0.3) is 0 Å². The Bertz CT molecular complexity index is 1420. The Morgan fingerprint density at radius 2 is 0.854 bits per heavy atom. The van der Waals surface area contributed by atoms with E-state index < -0.39 is 0 Å². The van der Waals surface area contributed by atoms with E-state index in [1.165, 1.54) is 0 Å². The molecule has 2 aromatic heterocycles. The average molecular weight is 689 g/mol. The molecular formula is C38H48N4O4S2+2. The number of aromatic nitrogens is 2. The van der Waals surface area contributed by atoms with Gasteiger partial charge in [-0.3, -0.25) is 0 Å². The number of hydrogen-bond donors (Lipinski definition) is 4. The van der Waals surface area contributed by atoms with Gasteiger partial charge < -0.3 is 30.2 Å². The summed E-state index contributed by atoms with van der Waals surface area (Å²) in [4.78, 5) is 3.95. The van der Waals surface area contributed by atoms with Gasteiger partial charge in [-0.15, -0.1) is 0 Å². The molecule has 0 aliphatic heterocycles. The zero-order valence-corrected chi connectivity index (χ0v) is 29.1. The monoisotopic (exact) mass is 688 g/mol. The third kappa shape index (κ3) is 12.1. The van der Waals surface area contributed by atoms with E-state index in [0.717, 1.165) is 58.5 Å². The summed E-state index contributed by atoms with van der Waals surface area (Å²) in [6, 6.07) is 28.9. The molecular weight excluding hydrogens is 641 g/mol. The van der Waals surface area contributed by atoms with Crippen LogP contribution in [0.4, 0.5) is 11.4 Å². The molecule has 0 saturated heterocycles. The van der Waals surface area contributed by atoms with E-state index in [1.54, 1.807) is 0 Å². The Kier molecular flexibility index (Phi) is 16.5. The summed E-state index contributed by atoms with van der Waals surface area (Å²) in [5.74, 6) is 1.99. The van der Waals surface area contributed by atoms with Crippen molar-refractivity contribution in [2.75, 3.05) is 73.9 Å². The van der Waals surface area contributed by atoms with Crippen LogP contribution in [0, 0.1) is 0 Å². The smallest absolute Gasteiger partial charge is 0.205 e. The molecule has 0 aliphatic carbocycles. The van der Waals surface area contributed by atoms with Gasteiger partial charge >= 0.3 is 0 Å². The number of hydrogen-bond acceptors (Lipinski definition) is 8. The van der Waals surface area contributed by atoms with Crippen LogP contribution in [0.25, 0.3) is 24.3 Å². The molecule has 254 valence electrons. The average Bonchev–Trinajstić information content (AvgIpc) is 3.12. The Labute approximate surface area is 292 Å².